The molecule has 1 spiro atoms. The number of anilines is 2. The maximum Gasteiger partial charge on any atom is 0.341 e. The number of thiazole rings is 1. The van der Waals surface area contributed by atoms with Crippen LogP contribution in [0.5, 0.6) is 0 Å². The summed E-state index contributed by atoms with van der Waals surface area (Å²) < 4.78 is 1.94. The first-order valence-corrected chi connectivity index (χ1v) is 9.20. The van der Waals surface area contributed by atoms with Gasteiger partial charge in [0.25, 0.3) is 0 Å². The fourth-order valence-corrected chi connectivity index (χ4v) is 4.73. The van der Waals surface area contributed by atoms with E-state index in [-0.39, 0.29) is 11.4 Å². The van der Waals surface area contributed by atoms with E-state index in [4.69, 9.17) is 11.6 Å². The van der Waals surface area contributed by atoms with Gasteiger partial charge in [-0.3, -0.25) is 4.90 Å². The minimum absolute atomic E-state index is 0.0145. The number of amides is 2. The summed E-state index contributed by atoms with van der Waals surface area (Å²) in [4.78, 5) is 19.0. The number of urea groups is 1. The van der Waals surface area contributed by atoms with E-state index < -0.39 is 0 Å². The van der Waals surface area contributed by atoms with E-state index in [2.05, 4.69) is 32.5 Å². The smallest absolute Gasteiger partial charge is 0.316 e. The summed E-state index contributed by atoms with van der Waals surface area (Å²) in [6, 6.07) is 8.01. The number of carbonyl (C=O) groups excluding carboxylic acids is 1. The van der Waals surface area contributed by atoms with Gasteiger partial charge >= 0.3 is 6.03 Å². The molecule has 1 N–H and O–H groups in total. The number of hydrogen-bond acceptors (Lipinski definition) is 4. The van der Waals surface area contributed by atoms with Gasteiger partial charge in [0.1, 0.15) is 4.34 Å². The van der Waals surface area contributed by atoms with Gasteiger partial charge in [0, 0.05) is 24.2 Å². The van der Waals surface area contributed by atoms with Crippen LogP contribution >= 0.6 is 39.1 Å². The summed E-state index contributed by atoms with van der Waals surface area (Å²) >= 11 is 10.5. The monoisotopic (exact) mass is 412 g/mol. The summed E-state index contributed by atoms with van der Waals surface area (Å²) in [5, 5.41) is 3.96. The summed E-state index contributed by atoms with van der Waals surface area (Å²) in [7, 11) is 0. The Bertz CT molecular complexity index is 761. The van der Waals surface area contributed by atoms with Crippen LogP contribution in [0, 0.1) is 0 Å². The third-order valence-electron chi connectivity index (χ3n) is 4.50. The Morgan fingerprint density at radius 3 is 3.00 bits per heavy atom. The largest absolute Gasteiger partial charge is 0.341 e. The molecule has 0 aliphatic carbocycles. The van der Waals surface area contributed by atoms with Gasteiger partial charge in [-0.25, -0.2) is 13.7 Å². The number of nitrogens with zero attached hydrogens (tertiary/aromatic N) is 3. The van der Waals surface area contributed by atoms with Crippen LogP contribution < -0.4 is 14.1 Å². The van der Waals surface area contributed by atoms with E-state index in [0.29, 0.717) is 16.0 Å². The molecule has 8 heteroatoms. The van der Waals surface area contributed by atoms with Gasteiger partial charge in [-0.05, 0) is 24.6 Å². The van der Waals surface area contributed by atoms with Crippen LogP contribution in [0.1, 0.15) is 12.0 Å². The van der Waals surface area contributed by atoms with E-state index in [1.807, 2.05) is 23.1 Å². The number of rotatable bonds is 1. The van der Waals surface area contributed by atoms with Gasteiger partial charge in [-0.2, -0.15) is 0 Å². The Morgan fingerprint density at radius 1 is 1.48 bits per heavy atom. The molecule has 0 saturated carbocycles. The van der Waals surface area contributed by atoms with Crippen molar-refractivity contribution in [2.75, 3.05) is 28.5 Å². The highest BCUT2D eigenvalue weighted by Crippen LogP contribution is 2.45. The molecule has 0 bridgehead atoms. The van der Waals surface area contributed by atoms with Crippen molar-refractivity contribution in [2.45, 2.75) is 11.8 Å². The van der Waals surface area contributed by atoms with E-state index in [0.717, 1.165) is 25.2 Å². The molecule has 0 radical (unpaired) electrons. The number of aromatic nitrogens is 1. The Labute approximate surface area is 151 Å². The molecule has 2 aliphatic heterocycles. The predicted molar refractivity (Wildman–Crippen MR) is 96.9 cm³/mol. The van der Waals surface area contributed by atoms with Gasteiger partial charge in [-0.15, -0.1) is 0 Å². The SMILES string of the molecule is O=C(N(Br)c1ncc(Cl)s1)N1CC2(CCNC2)c2ccccc21. The lowest BCUT2D eigenvalue weighted by molar-refractivity contribution is 0.254. The Morgan fingerprint density at radius 2 is 2.30 bits per heavy atom. The van der Waals surface area contributed by atoms with E-state index in [9.17, 15) is 4.79 Å². The maximum absolute atomic E-state index is 13.0. The van der Waals surface area contributed by atoms with Crippen molar-refractivity contribution in [1.82, 2.24) is 10.3 Å². The molecule has 2 aromatic rings. The van der Waals surface area contributed by atoms with Crippen molar-refractivity contribution in [3.8, 4) is 0 Å². The molecule has 1 fully saturated rings. The van der Waals surface area contributed by atoms with Gasteiger partial charge < -0.3 is 5.32 Å². The number of fused-ring (bicyclic) bond motifs is 2. The van der Waals surface area contributed by atoms with Gasteiger partial charge in [0.05, 0.1) is 22.3 Å². The number of halogens is 2. The molecule has 1 unspecified atom stereocenters. The molecular formula is C15H14BrClN4OS. The van der Waals surface area contributed by atoms with Crippen molar-refractivity contribution >= 4 is 55.9 Å². The van der Waals surface area contributed by atoms with Crippen LogP contribution in [0.25, 0.3) is 0 Å². The molecule has 120 valence electrons. The van der Waals surface area contributed by atoms with Gasteiger partial charge in [0.2, 0.25) is 5.13 Å². The summed E-state index contributed by atoms with van der Waals surface area (Å²) in [5.41, 5.74) is 2.24. The van der Waals surface area contributed by atoms with Crippen LogP contribution in [0.2, 0.25) is 4.34 Å². The summed E-state index contributed by atoms with van der Waals surface area (Å²) in [5.74, 6) is 0. The number of para-hydroxylation sites is 1. The lowest BCUT2D eigenvalue weighted by Crippen LogP contribution is -2.42. The second-order valence-corrected chi connectivity index (χ2v) is 8.17. The fourth-order valence-electron chi connectivity index (χ4n) is 3.43. The van der Waals surface area contributed by atoms with Crippen LogP contribution in [-0.2, 0) is 5.41 Å². The normalized spacial score (nSPS) is 22.6. The Hall–Kier alpha value is -1.15. The molecule has 3 heterocycles. The Balaban J connectivity index is 1.68. The number of nitrogens with one attached hydrogen (secondary N) is 1. The van der Waals surface area contributed by atoms with Crippen molar-refractivity contribution in [1.29, 1.82) is 0 Å². The zero-order valence-electron chi connectivity index (χ0n) is 12.1. The second-order valence-electron chi connectivity index (χ2n) is 5.82. The minimum Gasteiger partial charge on any atom is -0.316 e. The van der Waals surface area contributed by atoms with Crippen molar-refractivity contribution < 1.29 is 4.79 Å². The van der Waals surface area contributed by atoms with Crippen LogP contribution in [0.3, 0.4) is 0 Å². The fraction of sp³-hybridized carbons (Fsp3) is 0.333. The molecular weight excluding hydrogens is 400 g/mol. The van der Waals surface area contributed by atoms with E-state index in [1.165, 1.54) is 20.8 Å². The van der Waals surface area contributed by atoms with E-state index in [1.54, 1.807) is 6.20 Å². The van der Waals surface area contributed by atoms with Crippen molar-refractivity contribution in [2.24, 2.45) is 0 Å². The molecule has 5 nitrogen and oxygen atoms in total. The van der Waals surface area contributed by atoms with Crippen molar-refractivity contribution in [3.05, 3.63) is 40.4 Å². The van der Waals surface area contributed by atoms with Crippen molar-refractivity contribution in [3.63, 3.8) is 0 Å². The zero-order valence-corrected chi connectivity index (χ0v) is 15.3. The molecule has 4 rings (SSSR count). The first kappa shape index (κ1) is 15.4. The second kappa shape index (κ2) is 5.73. The van der Waals surface area contributed by atoms with E-state index >= 15 is 0 Å². The lowest BCUT2D eigenvalue weighted by Gasteiger charge is -2.25. The molecule has 2 aliphatic rings. The van der Waals surface area contributed by atoms with Crippen LogP contribution in [-0.4, -0.2) is 30.6 Å². The molecule has 1 aromatic carbocycles. The first-order chi connectivity index (χ1) is 11.1. The summed E-state index contributed by atoms with van der Waals surface area (Å²) in [6.45, 7) is 2.56. The number of hydrogen-bond donors (Lipinski definition) is 1. The molecule has 23 heavy (non-hydrogen) atoms. The minimum atomic E-state index is -0.146. The maximum atomic E-state index is 13.0. The quantitative estimate of drug-likeness (QED) is 0.724. The van der Waals surface area contributed by atoms with Gasteiger partial charge in [-0.1, -0.05) is 41.1 Å². The van der Waals surface area contributed by atoms with Gasteiger partial charge in [0.15, 0.2) is 0 Å². The van der Waals surface area contributed by atoms with Crippen LogP contribution in [0.15, 0.2) is 30.5 Å². The summed E-state index contributed by atoms with van der Waals surface area (Å²) in [6.07, 6.45) is 2.59. The molecule has 1 saturated heterocycles. The number of benzene rings is 1. The highest BCUT2D eigenvalue weighted by Gasteiger charge is 2.47. The standard InChI is InChI=1S/C15H14BrClN4OS/c16-21(13-19-7-12(17)23-13)14(22)20-9-15(5-6-18-8-15)10-3-1-2-4-11(10)20/h1-4,7,18H,5-6,8-9H2. The average molecular weight is 414 g/mol. The third-order valence-corrected chi connectivity index (χ3v) is 6.48. The van der Waals surface area contributed by atoms with Crippen LogP contribution in [0.4, 0.5) is 15.6 Å². The molecule has 1 aromatic heterocycles. The topological polar surface area (TPSA) is 48.5 Å². The lowest BCUT2D eigenvalue weighted by atomic mass is 9.82. The molecule has 2 amide bonds. The third kappa shape index (κ3) is 2.46. The molecule has 1 atom stereocenters. The highest BCUT2D eigenvalue weighted by molar-refractivity contribution is 9.10. The Kier molecular flexibility index (Phi) is 3.84. The predicted octanol–water partition coefficient (Wildman–Crippen LogP) is 3.78. The first-order valence-electron chi connectivity index (χ1n) is 7.30. The number of carbonyl (C=O) groups is 1. The zero-order chi connectivity index (χ0) is 16.0. The highest BCUT2D eigenvalue weighted by atomic mass is 79.9. The average Bonchev–Trinajstić information content (AvgIpc) is 3.28.